The number of amides is 1. The van der Waals surface area contributed by atoms with Crippen LogP contribution in [0.2, 0.25) is 0 Å². The Kier molecular flexibility index (Phi) is 5.38. The SMILES string of the molecule is C/C(N)=C(\C(=O)c1ccccc1)C(=S)NC(=O)c1ccccc1. The molecule has 2 rings (SSSR count). The molecule has 0 fully saturated rings. The number of ketones is 1. The van der Waals surface area contributed by atoms with E-state index in [1.54, 1.807) is 55.5 Å². The van der Waals surface area contributed by atoms with Crippen LogP contribution in [0.4, 0.5) is 0 Å². The Morgan fingerprint density at radius 3 is 1.87 bits per heavy atom. The summed E-state index contributed by atoms with van der Waals surface area (Å²) in [6.07, 6.45) is 0. The van der Waals surface area contributed by atoms with Crippen molar-refractivity contribution in [1.29, 1.82) is 0 Å². The van der Waals surface area contributed by atoms with Crippen molar-refractivity contribution in [2.45, 2.75) is 6.92 Å². The van der Waals surface area contributed by atoms with E-state index >= 15 is 0 Å². The molecule has 5 heteroatoms. The lowest BCUT2D eigenvalue weighted by atomic mass is 10.0. The molecule has 0 saturated carbocycles. The third kappa shape index (κ3) is 4.11. The standard InChI is InChI=1S/C18H16N2O2S/c1-12(19)15(16(21)13-8-4-2-5-9-13)18(23)20-17(22)14-10-6-3-7-11-14/h2-11H,19H2,1H3,(H,20,22,23)/b15-12-. The van der Waals surface area contributed by atoms with Crippen LogP contribution >= 0.6 is 12.2 Å². The first-order valence-electron chi connectivity index (χ1n) is 6.97. The van der Waals surface area contributed by atoms with Gasteiger partial charge in [0.15, 0.2) is 5.78 Å². The predicted octanol–water partition coefficient (Wildman–Crippen LogP) is 2.86. The normalized spacial score (nSPS) is 11.3. The number of allylic oxidation sites excluding steroid dienone is 1. The van der Waals surface area contributed by atoms with Crippen LogP contribution in [-0.4, -0.2) is 16.7 Å². The van der Waals surface area contributed by atoms with E-state index in [1.807, 2.05) is 12.1 Å². The number of thiocarbonyl (C=S) groups is 1. The van der Waals surface area contributed by atoms with Gasteiger partial charge in [0.25, 0.3) is 5.91 Å². The second kappa shape index (κ2) is 7.47. The first kappa shape index (κ1) is 16.6. The average molecular weight is 324 g/mol. The first-order chi connectivity index (χ1) is 11.0. The summed E-state index contributed by atoms with van der Waals surface area (Å²) in [6.45, 7) is 1.58. The van der Waals surface area contributed by atoms with E-state index in [0.29, 0.717) is 11.1 Å². The zero-order valence-electron chi connectivity index (χ0n) is 12.6. The Hall–Kier alpha value is -2.79. The van der Waals surface area contributed by atoms with Gasteiger partial charge in [-0.1, -0.05) is 60.7 Å². The largest absolute Gasteiger partial charge is 0.402 e. The van der Waals surface area contributed by atoms with Crippen molar-refractivity contribution in [2.24, 2.45) is 5.73 Å². The second-order valence-electron chi connectivity index (χ2n) is 4.90. The lowest BCUT2D eigenvalue weighted by Gasteiger charge is -2.12. The molecule has 116 valence electrons. The van der Waals surface area contributed by atoms with E-state index in [9.17, 15) is 9.59 Å². The molecule has 0 atom stereocenters. The molecule has 0 radical (unpaired) electrons. The number of rotatable bonds is 4. The Morgan fingerprint density at radius 2 is 1.39 bits per heavy atom. The van der Waals surface area contributed by atoms with E-state index in [0.717, 1.165) is 0 Å². The van der Waals surface area contributed by atoms with Crippen LogP contribution in [0.5, 0.6) is 0 Å². The summed E-state index contributed by atoms with van der Waals surface area (Å²) < 4.78 is 0. The fraction of sp³-hybridized carbons (Fsp3) is 0.0556. The molecule has 0 aliphatic rings. The molecule has 2 aromatic carbocycles. The molecular formula is C18H16N2O2S. The molecule has 0 bridgehead atoms. The number of carbonyl (C=O) groups is 2. The van der Waals surface area contributed by atoms with Crippen molar-refractivity contribution in [3.8, 4) is 0 Å². The fourth-order valence-corrected chi connectivity index (χ4v) is 2.37. The van der Waals surface area contributed by atoms with Gasteiger partial charge in [0.05, 0.1) is 5.57 Å². The van der Waals surface area contributed by atoms with Gasteiger partial charge in [0.1, 0.15) is 4.99 Å². The maximum Gasteiger partial charge on any atom is 0.256 e. The van der Waals surface area contributed by atoms with Gasteiger partial charge in [0, 0.05) is 16.8 Å². The van der Waals surface area contributed by atoms with Gasteiger partial charge in [-0.3, -0.25) is 9.59 Å². The molecule has 0 heterocycles. The highest BCUT2D eigenvalue weighted by atomic mass is 32.1. The summed E-state index contributed by atoms with van der Waals surface area (Å²) in [5.74, 6) is -0.695. The second-order valence-corrected chi connectivity index (χ2v) is 5.31. The molecule has 23 heavy (non-hydrogen) atoms. The van der Waals surface area contributed by atoms with E-state index in [-0.39, 0.29) is 27.9 Å². The fourth-order valence-electron chi connectivity index (χ4n) is 2.02. The van der Waals surface area contributed by atoms with Gasteiger partial charge < -0.3 is 11.1 Å². The number of carbonyl (C=O) groups excluding carboxylic acids is 2. The Bertz CT molecular complexity index is 764. The van der Waals surface area contributed by atoms with Gasteiger partial charge in [0.2, 0.25) is 0 Å². The van der Waals surface area contributed by atoms with Crippen LogP contribution in [0.3, 0.4) is 0 Å². The highest BCUT2D eigenvalue weighted by Crippen LogP contribution is 2.12. The molecular weight excluding hydrogens is 308 g/mol. The molecule has 2 aromatic rings. The summed E-state index contributed by atoms with van der Waals surface area (Å²) >= 11 is 5.21. The number of benzene rings is 2. The summed E-state index contributed by atoms with van der Waals surface area (Å²) in [5, 5.41) is 2.56. The molecule has 1 amide bonds. The zero-order chi connectivity index (χ0) is 16.8. The Balaban J connectivity index is 2.23. The number of hydrogen-bond donors (Lipinski definition) is 2. The van der Waals surface area contributed by atoms with Gasteiger partial charge in [-0.15, -0.1) is 0 Å². The molecule has 4 nitrogen and oxygen atoms in total. The van der Waals surface area contributed by atoms with E-state index < -0.39 is 0 Å². The zero-order valence-corrected chi connectivity index (χ0v) is 13.4. The van der Waals surface area contributed by atoms with Crippen LogP contribution in [0, 0.1) is 0 Å². The molecule has 3 N–H and O–H groups in total. The predicted molar refractivity (Wildman–Crippen MR) is 94.2 cm³/mol. The first-order valence-corrected chi connectivity index (χ1v) is 7.38. The van der Waals surface area contributed by atoms with Crippen molar-refractivity contribution in [3.05, 3.63) is 83.1 Å². The van der Waals surface area contributed by atoms with Crippen LogP contribution in [-0.2, 0) is 0 Å². The smallest absolute Gasteiger partial charge is 0.256 e. The van der Waals surface area contributed by atoms with Crippen LogP contribution in [0.1, 0.15) is 27.6 Å². The van der Waals surface area contributed by atoms with Crippen LogP contribution < -0.4 is 11.1 Å². The molecule has 0 spiro atoms. The van der Waals surface area contributed by atoms with E-state index in [2.05, 4.69) is 5.32 Å². The average Bonchev–Trinajstić information content (AvgIpc) is 2.56. The van der Waals surface area contributed by atoms with Crippen molar-refractivity contribution in [3.63, 3.8) is 0 Å². The number of hydrogen-bond acceptors (Lipinski definition) is 4. The van der Waals surface area contributed by atoms with Gasteiger partial charge in [-0.05, 0) is 19.1 Å². The Morgan fingerprint density at radius 1 is 0.913 bits per heavy atom. The molecule has 0 unspecified atom stereocenters. The summed E-state index contributed by atoms with van der Waals surface area (Å²) in [5.41, 5.74) is 7.12. The topological polar surface area (TPSA) is 72.2 Å². The van der Waals surface area contributed by atoms with Gasteiger partial charge in [-0.25, -0.2) is 0 Å². The lowest BCUT2D eigenvalue weighted by molar-refractivity contribution is 0.0978. The number of nitrogens with one attached hydrogen (secondary N) is 1. The van der Waals surface area contributed by atoms with Gasteiger partial charge >= 0.3 is 0 Å². The third-order valence-corrected chi connectivity index (χ3v) is 3.45. The minimum absolute atomic E-state index is 0.0210. The maximum absolute atomic E-state index is 12.6. The molecule has 0 aromatic heterocycles. The Labute approximate surface area is 140 Å². The third-order valence-electron chi connectivity index (χ3n) is 3.15. The molecule has 0 saturated heterocycles. The van der Waals surface area contributed by atoms with Crippen LogP contribution in [0.15, 0.2) is 71.9 Å². The summed E-state index contributed by atoms with van der Waals surface area (Å²) in [7, 11) is 0. The van der Waals surface area contributed by atoms with Crippen LogP contribution in [0.25, 0.3) is 0 Å². The van der Waals surface area contributed by atoms with Crippen molar-refractivity contribution >= 4 is 28.9 Å². The molecule has 0 aliphatic heterocycles. The number of nitrogens with two attached hydrogens (primary N) is 1. The van der Waals surface area contributed by atoms with Crippen molar-refractivity contribution in [1.82, 2.24) is 5.32 Å². The maximum atomic E-state index is 12.6. The number of Topliss-reactive ketones (excluding diaryl/α,β-unsaturated/α-hetero) is 1. The van der Waals surface area contributed by atoms with Gasteiger partial charge in [-0.2, -0.15) is 0 Å². The quantitative estimate of drug-likeness (QED) is 0.515. The van der Waals surface area contributed by atoms with Crippen molar-refractivity contribution < 1.29 is 9.59 Å². The molecule has 0 aliphatic carbocycles. The summed E-state index contributed by atoms with van der Waals surface area (Å²) in [4.78, 5) is 24.8. The minimum Gasteiger partial charge on any atom is -0.402 e. The highest BCUT2D eigenvalue weighted by Gasteiger charge is 2.20. The van der Waals surface area contributed by atoms with E-state index in [1.165, 1.54) is 0 Å². The summed E-state index contributed by atoms with van der Waals surface area (Å²) in [6, 6.07) is 17.3. The van der Waals surface area contributed by atoms with Crippen molar-refractivity contribution in [2.75, 3.05) is 0 Å². The van der Waals surface area contributed by atoms with E-state index in [4.69, 9.17) is 18.0 Å². The lowest BCUT2D eigenvalue weighted by Crippen LogP contribution is -2.34. The monoisotopic (exact) mass is 324 g/mol. The minimum atomic E-state index is -0.379. The highest BCUT2D eigenvalue weighted by molar-refractivity contribution is 7.81.